The van der Waals surface area contributed by atoms with Gasteiger partial charge in [-0.05, 0) is 62.1 Å². The summed E-state index contributed by atoms with van der Waals surface area (Å²) < 4.78 is 10.9. The largest absolute Gasteiger partial charge is 0.454 e. The molecule has 1 N–H and O–H groups in total. The molecule has 3 aromatic carbocycles. The van der Waals surface area contributed by atoms with Crippen LogP contribution in [-0.2, 0) is 29.0 Å². The van der Waals surface area contributed by atoms with E-state index in [4.69, 9.17) is 21.1 Å². The molecule has 0 fully saturated rings. The molecule has 0 radical (unpaired) electrons. The van der Waals surface area contributed by atoms with Crippen molar-refractivity contribution in [2.24, 2.45) is 0 Å². The van der Waals surface area contributed by atoms with Gasteiger partial charge in [-0.3, -0.25) is 9.59 Å². The van der Waals surface area contributed by atoms with Crippen molar-refractivity contribution in [3.63, 3.8) is 0 Å². The second-order valence-corrected chi connectivity index (χ2v) is 10.7. The molecule has 1 aliphatic heterocycles. The second-order valence-electron chi connectivity index (χ2n) is 10.2. The Labute approximate surface area is 223 Å². The fourth-order valence-electron chi connectivity index (χ4n) is 4.31. The lowest BCUT2D eigenvalue weighted by Crippen LogP contribution is -2.54. The lowest BCUT2D eigenvalue weighted by atomic mass is 9.99. The minimum absolute atomic E-state index is 0.123. The van der Waals surface area contributed by atoms with Crippen LogP contribution in [0.5, 0.6) is 11.5 Å². The first-order valence-corrected chi connectivity index (χ1v) is 12.8. The zero-order valence-corrected chi connectivity index (χ0v) is 22.3. The number of hydrogen-bond acceptors (Lipinski definition) is 4. The fourth-order valence-corrected chi connectivity index (χ4v) is 4.50. The molecule has 0 spiro atoms. The van der Waals surface area contributed by atoms with Gasteiger partial charge in [0.25, 0.3) is 0 Å². The molecule has 1 aliphatic rings. The predicted molar refractivity (Wildman–Crippen MR) is 145 cm³/mol. The van der Waals surface area contributed by atoms with E-state index in [1.165, 1.54) is 0 Å². The Morgan fingerprint density at radius 2 is 1.65 bits per heavy atom. The standard InChI is InChI=1S/C30H33ClN2O4/c1-30(2,3)32-29(35)25(17-21-9-5-4-6-10-21)33(19-23-11-7-8-12-24(23)31)28(34)16-14-22-13-15-26-27(18-22)37-20-36-26/h4-13,15,18,25H,14,16-17,19-20H2,1-3H3,(H,32,35)/t25-/m1/s1. The molecular formula is C30H33ClN2O4. The lowest BCUT2D eigenvalue weighted by Gasteiger charge is -2.34. The highest BCUT2D eigenvalue weighted by molar-refractivity contribution is 6.31. The smallest absolute Gasteiger partial charge is 0.243 e. The maximum Gasteiger partial charge on any atom is 0.243 e. The van der Waals surface area contributed by atoms with Crippen LogP contribution < -0.4 is 14.8 Å². The Balaban J connectivity index is 1.62. The Bertz CT molecular complexity index is 1240. The minimum atomic E-state index is -0.706. The van der Waals surface area contributed by atoms with Gasteiger partial charge in [0.2, 0.25) is 18.6 Å². The molecule has 0 unspecified atom stereocenters. The Hall–Kier alpha value is -3.51. The van der Waals surface area contributed by atoms with Crippen LogP contribution in [0, 0.1) is 0 Å². The molecule has 194 valence electrons. The van der Waals surface area contributed by atoms with E-state index in [0.29, 0.717) is 29.4 Å². The number of carbonyl (C=O) groups excluding carboxylic acids is 2. The number of ether oxygens (including phenoxy) is 2. The van der Waals surface area contributed by atoms with E-state index < -0.39 is 11.6 Å². The second kappa shape index (κ2) is 11.7. The van der Waals surface area contributed by atoms with Crippen LogP contribution in [-0.4, -0.2) is 35.1 Å². The third kappa shape index (κ3) is 7.26. The summed E-state index contributed by atoms with van der Waals surface area (Å²) in [7, 11) is 0. The first-order valence-electron chi connectivity index (χ1n) is 12.5. The van der Waals surface area contributed by atoms with E-state index in [1.807, 2.05) is 87.5 Å². The van der Waals surface area contributed by atoms with Crippen LogP contribution in [0.2, 0.25) is 5.02 Å². The Morgan fingerprint density at radius 3 is 2.38 bits per heavy atom. The van der Waals surface area contributed by atoms with Crippen molar-refractivity contribution in [2.45, 2.75) is 58.2 Å². The topological polar surface area (TPSA) is 67.9 Å². The number of nitrogens with zero attached hydrogens (tertiary/aromatic N) is 1. The Kier molecular flexibility index (Phi) is 8.39. The number of hydrogen-bond donors (Lipinski definition) is 1. The molecular weight excluding hydrogens is 488 g/mol. The number of aryl methyl sites for hydroxylation is 1. The number of amides is 2. The normalized spacial score (nSPS) is 13.2. The molecule has 0 saturated carbocycles. The summed E-state index contributed by atoms with van der Waals surface area (Å²) in [6.45, 7) is 6.24. The maximum atomic E-state index is 13.8. The first-order chi connectivity index (χ1) is 17.7. The van der Waals surface area contributed by atoms with Crippen LogP contribution in [0.4, 0.5) is 0 Å². The van der Waals surface area contributed by atoms with Crippen molar-refractivity contribution in [3.05, 3.63) is 94.5 Å². The predicted octanol–water partition coefficient (Wildman–Crippen LogP) is 5.56. The zero-order chi connectivity index (χ0) is 26.4. The van der Waals surface area contributed by atoms with Crippen LogP contribution in [0.25, 0.3) is 0 Å². The van der Waals surface area contributed by atoms with E-state index in [-0.39, 0.29) is 31.6 Å². The third-order valence-electron chi connectivity index (χ3n) is 6.13. The molecule has 4 rings (SSSR count). The van der Waals surface area contributed by atoms with Crippen molar-refractivity contribution < 1.29 is 19.1 Å². The number of nitrogens with one attached hydrogen (secondary N) is 1. The van der Waals surface area contributed by atoms with Gasteiger partial charge in [-0.1, -0.05) is 66.2 Å². The van der Waals surface area contributed by atoms with Crippen molar-refractivity contribution in [2.75, 3.05) is 6.79 Å². The summed E-state index contributed by atoms with van der Waals surface area (Å²) in [5, 5.41) is 3.64. The monoisotopic (exact) mass is 520 g/mol. The van der Waals surface area contributed by atoms with Crippen LogP contribution in [0.1, 0.15) is 43.9 Å². The van der Waals surface area contributed by atoms with Gasteiger partial charge in [-0.15, -0.1) is 0 Å². The molecule has 3 aromatic rings. The number of fused-ring (bicyclic) bond motifs is 1. The molecule has 7 heteroatoms. The average Bonchev–Trinajstić information content (AvgIpc) is 3.33. The number of halogens is 1. The van der Waals surface area contributed by atoms with Crippen molar-refractivity contribution >= 4 is 23.4 Å². The summed E-state index contributed by atoms with van der Waals surface area (Å²) in [5.41, 5.74) is 2.29. The summed E-state index contributed by atoms with van der Waals surface area (Å²) in [6, 6.07) is 22.2. The van der Waals surface area contributed by atoms with Crippen molar-refractivity contribution in [3.8, 4) is 11.5 Å². The highest BCUT2D eigenvalue weighted by Gasteiger charge is 2.32. The van der Waals surface area contributed by atoms with E-state index >= 15 is 0 Å². The van der Waals surface area contributed by atoms with E-state index in [0.717, 1.165) is 16.7 Å². The van der Waals surface area contributed by atoms with Gasteiger partial charge < -0.3 is 19.7 Å². The molecule has 1 heterocycles. The minimum Gasteiger partial charge on any atom is -0.454 e. The van der Waals surface area contributed by atoms with Crippen molar-refractivity contribution in [1.82, 2.24) is 10.2 Å². The number of carbonyl (C=O) groups is 2. The maximum absolute atomic E-state index is 13.8. The first kappa shape index (κ1) is 26.6. The quantitative estimate of drug-likeness (QED) is 0.401. The highest BCUT2D eigenvalue weighted by atomic mass is 35.5. The fraction of sp³-hybridized carbons (Fsp3) is 0.333. The van der Waals surface area contributed by atoms with Gasteiger partial charge in [0.15, 0.2) is 11.5 Å². The molecule has 0 aliphatic carbocycles. The number of benzene rings is 3. The SMILES string of the molecule is CC(C)(C)NC(=O)[C@@H](Cc1ccccc1)N(Cc1ccccc1Cl)C(=O)CCc1ccc2c(c1)OCO2. The van der Waals surface area contributed by atoms with Crippen molar-refractivity contribution in [1.29, 1.82) is 0 Å². The van der Waals surface area contributed by atoms with Gasteiger partial charge in [0.05, 0.1) is 0 Å². The number of rotatable bonds is 9. The van der Waals surface area contributed by atoms with Crippen LogP contribution in [0.15, 0.2) is 72.8 Å². The molecule has 6 nitrogen and oxygen atoms in total. The Morgan fingerprint density at radius 1 is 0.946 bits per heavy atom. The molecule has 0 bridgehead atoms. The molecule has 1 atom stereocenters. The van der Waals surface area contributed by atoms with E-state index in [2.05, 4.69) is 5.32 Å². The van der Waals surface area contributed by atoms with E-state index in [9.17, 15) is 9.59 Å². The lowest BCUT2D eigenvalue weighted by molar-refractivity contribution is -0.141. The highest BCUT2D eigenvalue weighted by Crippen LogP contribution is 2.33. The molecule has 0 aromatic heterocycles. The zero-order valence-electron chi connectivity index (χ0n) is 21.5. The average molecular weight is 521 g/mol. The summed E-state index contributed by atoms with van der Waals surface area (Å²) >= 11 is 6.49. The van der Waals surface area contributed by atoms with Gasteiger partial charge >= 0.3 is 0 Å². The summed E-state index contributed by atoms with van der Waals surface area (Å²) in [4.78, 5) is 29.1. The molecule has 0 saturated heterocycles. The van der Waals surface area contributed by atoms with Gasteiger partial charge in [-0.2, -0.15) is 0 Å². The van der Waals surface area contributed by atoms with Gasteiger partial charge in [0, 0.05) is 29.9 Å². The summed E-state index contributed by atoms with van der Waals surface area (Å²) in [6.07, 6.45) is 1.13. The van der Waals surface area contributed by atoms with Gasteiger partial charge in [0.1, 0.15) is 6.04 Å². The van der Waals surface area contributed by atoms with Crippen LogP contribution >= 0.6 is 11.6 Å². The van der Waals surface area contributed by atoms with Crippen LogP contribution in [0.3, 0.4) is 0 Å². The summed E-state index contributed by atoms with van der Waals surface area (Å²) in [5.74, 6) is 1.07. The van der Waals surface area contributed by atoms with E-state index in [1.54, 1.807) is 11.0 Å². The molecule has 2 amide bonds. The molecule has 37 heavy (non-hydrogen) atoms. The van der Waals surface area contributed by atoms with Gasteiger partial charge in [-0.25, -0.2) is 0 Å². The third-order valence-corrected chi connectivity index (χ3v) is 6.50.